The van der Waals surface area contributed by atoms with Crippen molar-refractivity contribution in [2.75, 3.05) is 0 Å². The first-order chi connectivity index (χ1) is 23.8. The van der Waals surface area contributed by atoms with Gasteiger partial charge in [0, 0.05) is 27.2 Å². The van der Waals surface area contributed by atoms with Crippen LogP contribution in [0.25, 0.3) is 105 Å². The van der Waals surface area contributed by atoms with Crippen LogP contribution in [0.15, 0.2) is 168 Å². The highest BCUT2D eigenvalue weighted by Crippen LogP contribution is 2.51. The fraction of sp³-hybridized carbons (Fsp3) is 0. The molecule has 0 atom stereocenters. The second-order valence-electron chi connectivity index (χ2n) is 12.9. The maximum absolute atomic E-state index is 6.55. The second-order valence-corrected chi connectivity index (χ2v) is 12.9. The van der Waals surface area contributed by atoms with Crippen molar-refractivity contribution in [3.8, 4) is 50.2 Å². The van der Waals surface area contributed by atoms with Gasteiger partial charge in [-0.25, -0.2) is 0 Å². The maximum atomic E-state index is 6.55. The van der Waals surface area contributed by atoms with Gasteiger partial charge in [-0.1, -0.05) is 115 Å². The van der Waals surface area contributed by atoms with Gasteiger partial charge < -0.3 is 8.98 Å². The summed E-state index contributed by atoms with van der Waals surface area (Å²) in [6.45, 7) is 0. The molecule has 0 radical (unpaired) electrons. The average molecular weight is 610 g/mol. The van der Waals surface area contributed by atoms with E-state index in [0.29, 0.717) is 0 Å². The lowest BCUT2D eigenvalue weighted by Gasteiger charge is -2.10. The molecule has 0 amide bonds. The third-order valence-corrected chi connectivity index (χ3v) is 10.3. The predicted molar refractivity (Wildman–Crippen MR) is 201 cm³/mol. The molecule has 10 aromatic rings. The highest BCUT2D eigenvalue weighted by atomic mass is 16.3. The van der Waals surface area contributed by atoms with E-state index >= 15 is 0 Å². The fourth-order valence-corrected chi connectivity index (χ4v) is 8.18. The number of hydrogen-bond acceptors (Lipinski definition) is 1. The molecule has 1 aliphatic rings. The van der Waals surface area contributed by atoms with Crippen molar-refractivity contribution < 1.29 is 4.42 Å². The van der Waals surface area contributed by atoms with E-state index in [2.05, 4.69) is 168 Å². The Morgan fingerprint density at radius 1 is 0.333 bits per heavy atom. The van der Waals surface area contributed by atoms with E-state index in [1.807, 2.05) is 0 Å². The zero-order valence-corrected chi connectivity index (χ0v) is 25.9. The van der Waals surface area contributed by atoms with Crippen molar-refractivity contribution >= 4 is 54.5 Å². The summed E-state index contributed by atoms with van der Waals surface area (Å²) >= 11 is 0. The van der Waals surface area contributed by atoms with Crippen LogP contribution in [0.1, 0.15) is 0 Å². The Labute approximate surface area is 276 Å². The smallest absolute Gasteiger partial charge is 0.136 e. The number of hydrogen-bond donors (Lipinski definition) is 0. The Morgan fingerprint density at radius 2 is 0.958 bits per heavy atom. The van der Waals surface area contributed by atoms with E-state index in [9.17, 15) is 0 Å². The van der Waals surface area contributed by atoms with Crippen molar-refractivity contribution in [1.82, 2.24) is 4.57 Å². The molecule has 8 aromatic carbocycles. The van der Waals surface area contributed by atoms with Crippen LogP contribution < -0.4 is 0 Å². The molecule has 0 unspecified atom stereocenters. The monoisotopic (exact) mass is 609 g/mol. The zero-order valence-electron chi connectivity index (χ0n) is 25.9. The molecule has 2 nitrogen and oxygen atoms in total. The highest BCUT2D eigenvalue weighted by molar-refractivity contribution is 6.28. The summed E-state index contributed by atoms with van der Waals surface area (Å²) in [7, 11) is 0. The topological polar surface area (TPSA) is 18.1 Å². The molecule has 11 rings (SSSR count). The first kappa shape index (κ1) is 25.8. The Morgan fingerprint density at radius 3 is 1.81 bits per heavy atom. The van der Waals surface area contributed by atoms with Gasteiger partial charge >= 0.3 is 0 Å². The van der Waals surface area contributed by atoms with E-state index in [4.69, 9.17) is 4.42 Å². The van der Waals surface area contributed by atoms with Gasteiger partial charge in [-0.05, 0) is 104 Å². The standard InChI is InChI=1S/C46H27NO/c1-2-9-28(10-3-1)29-17-21-32(22-18-29)47-41-16-7-6-13-35(41)38-25-30(19-23-42(38)47)31-20-24-43-40(26-31)46-37-15-8-14-36-33-11-4-5-12-34(33)39(45(36)37)27-44(46)48-43/h1-27H. The Balaban J connectivity index is 1.08. The quantitative estimate of drug-likeness (QED) is 0.195. The molecular weight excluding hydrogens is 583 g/mol. The predicted octanol–water partition coefficient (Wildman–Crippen LogP) is 12.8. The van der Waals surface area contributed by atoms with Gasteiger partial charge in [-0.3, -0.25) is 0 Å². The van der Waals surface area contributed by atoms with Gasteiger partial charge in [0.15, 0.2) is 0 Å². The van der Waals surface area contributed by atoms with E-state index in [-0.39, 0.29) is 0 Å². The average Bonchev–Trinajstić information content (AvgIpc) is 3.80. The third-order valence-electron chi connectivity index (χ3n) is 10.3. The summed E-state index contributed by atoms with van der Waals surface area (Å²) in [6, 6.07) is 59.4. The fourth-order valence-electron chi connectivity index (χ4n) is 8.18. The van der Waals surface area contributed by atoms with Crippen LogP contribution in [0.4, 0.5) is 0 Å². The molecule has 0 saturated carbocycles. The van der Waals surface area contributed by atoms with Crippen LogP contribution in [0.2, 0.25) is 0 Å². The summed E-state index contributed by atoms with van der Waals surface area (Å²) in [5, 5.41) is 7.42. The maximum Gasteiger partial charge on any atom is 0.136 e. The highest BCUT2D eigenvalue weighted by Gasteiger charge is 2.24. The van der Waals surface area contributed by atoms with Crippen molar-refractivity contribution in [3.63, 3.8) is 0 Å². The number of nitrogens with zero attached hydrogens (tertiary/aromatic N) is 1. The van der Waals surface area contributed by atoms with Gasteiger partial charge in [-0.15, -0.1) is 0 Å². The number of para-hydroxylation sites is 1. The number of rotatable bonds is 3. The zero-order chi connectivity index (χ0) is 31.3. The van der Waals surface area contributed by atoms with Crippen LogP contribution in [0, 0.1) is 0 Å². The summed E-state index contributed by atoms with van der Waals surface area (Å²) in [5.41, 5.74) is 15.4. The summed E-state index contributed by atoms with van der Waals surface area (Å²) in [6.07, 6.45) is 0. The number of aromatic nitrogens is 1. The molecule has 0 bridgehead atoms. The summed E-state index contributed by atoms with van der Waals surface area (Å²) in [5.74, 6) is 0. The second kappa shape index (κ2) is 9.57. The molecular formula is C46H27NO. The van der Waals surface area contributed by atoms with Gasteiger partial charge in [0.2, 0.25) is 0 Å². The first-order valence-corrected chi connectivity index (χ1v) is 16.5. The van der Waals surface area contributed by atoms with Gasteiger partial charge in [0.05, 0.1) is 11.0 Å². The molecule has 48 heavy (non-hydrogen) atoms. The number of fused-ring (bicyclic) bond motifs is 10. The number of benzene rings is 8. The lowest BCUT2D eigenvalue weighted by Crippen LogP contribution is -1.93. The normalized spacial score (nSPS) is 12.2. The van der Waals surface area contributed by atoms with E-state index in [1.165, 1.54) is 82.5 Å². The largest absolute Gasteiger partial charge is 0.456 e. The Hall–Kier alpha value is -6.38. The molecule has 0 N–H and O–H groups in total. The molecule has 0 fully saturated rings. The van der Waals surface area contributed by atoms with E-state index in [0.717, 1.165) is 22.2 Å². The van der Waals surface area contributed by atoms with Crippen LogP contribution in [-0.2, 0) is 0 Å². The van der Waals surface area contributed by atoms with Crippen molar-refractivity contribution in [3.05, 3.63) is 164 Å². The van der Waals surface area contributed by atoms with Crippen LogP contribution in [-0.4, -0.2) is 4.57 Å². The molecule has 0 aliphatic heterocycles. The van der Waals surface area contributed by atoms with Gasteiger partial charge in [-0.2, -0.15) is 0 Å². The lowest BCUT2D eigenvalue weighted by atomic mass is 9.96. The van der Waals surface area contributed by atoms with Crippen LogP contribution >= 0.6 is 0 Å². The molecule has 2 heteroatoms. The SMILES string of the molecule is c1ccc(-c2ccc(-n3c4ccccc4c4cc(-c5ccc6oc7cc8c9c(cccc9c7c6c5)-c5ccccc5-8)ccc43)cc2)cc1. The van der Waals surface area contributed by atoms with Crippen molar-refractivity contribution in [2.45, 2.75) is 0 Å². The van der Waals surface area contributed by atoms with Gasteiger partial charge in [0.1, 0.15) is 11.2 Å². The number of furan rings is 1. The molecule has 2 heterocycles. The Kier molecular flexibility index (Phi) is 5.14. The molecule has 222 valence electrons. The van der Waals surface area contributed by atoms with E-state index in [1.54, 1.807) is 0 Å². The molecule has 1 aliphatic carbocycles. The lowest BCUT2D eigenvalue weighted by molar-refractivity contribution is 0.669. The summed E-state index contributed by atoms with van der Waals surface area (Å²) in [4.78, 5) is 0. The molecule has 0 spiro atoms. The minimum absolute atomic E-state index is 0.920. The van der Waals surface area contributed by atoms with Crippen LogP contribution in [0.3, 0.4) is 0 Å². The van der Waals surface area contributed by atoms with Gasteiger partial charge in [0.25, 0.3) is 0 Å². The minimum Gasteiger partial charge on any atom is -0.456 e. The molecule has 0 saturated heterocycles. The van der Waals surface area contributed by atoms with Crippen molar-refractivity contribution in [1.29, 1.82) is 0 Å². The third kappa shape index (κ3) is 3.52. The van der Waals surface area contributed by atoms with Crippen LogP contribution in [0.5, 0.6) is 0 Å². The molecule has 2 aromatic heterocycles. The van der Waals surface area contributed by atoms with Crippen molar-refractivity contribution in [2.24, 2.45) is 0 Å². The summed E-state index contributed by atoms with van der Waals surface area (Å²) < 4.78 is 8.93. The Bertz CT molecular complexity index is 2920. The minimum atomic E-state index is 0.920. The van der Waals surface area contributed by atoms with E-state index < -0.39 is 0 Å². The first-order valence-electron chi connectivity index (χ1n) is 16.5.